The molecule has 0 aromatic heterocycles. The van der Waals surface area contributed by atoms with Crippen molar-refractivity contribution in [2.75, 3.05) is 6.61 Å². The van der Waals surface area contributed by atoms with Gasteiger partial charge in [0.1, 0.15) is 12.4 Å². The quantitative estimate of drug-likeness (QED) is 0.679. The molecule has 1 aromatic rings. The third-order valence-corrected chi connectivity index (χ3v) is 2.40. The predicted octanol–water partition coefficient (Wildman–Crippen LogP) is 3.86. The molecule has 82 valence electrons. The highest BCUT2D eigenvalue weighted by molar-refractivity contribution is 5.38. The second-order valence-electron chi connectivity index (χ2n) is 4.83. The van der Waals surface area contributed by atoms with Gasteiger partial charge in [-0.05, 0) is 29.5 Å². The molecule has 1 rings (SSSR count). The zero-order valence-electron chi connectivity index (χ0n) is 10.1. The van der Waals surface area contributed by atoms with Crippen molar-refractivity contribution in [3.63, 3.8) is 0 Å². The fraction of sp³-hybridized carbons (Fsp3) is 0.429. The molecule has 0 N–H and O–H groups in total. The molecule has 1 heteroatoms. The van der Waals surface area contributed by atoms with E-state index >= 15 is 0 Å². The van der Waals surface area contributed by atoms with Crippen molar-refractivity contribution in [1.29, 1.82) is 0 Å². The summed E-state index contributed by atoms with van der Waals surface area (Å²) in [6, 6.07) is 6.36. The Morgan fingerprint density at radius 2 is 2.00 bits per heavy atom. The van der Waals surface area contributed by atoms with E-state index in [0.29, 0.717) is 6.61 Å². The second-order valence-corrected chi connectivity index (χ2v) is 4.83. The molecule has 0 aliphatic heterocycles. The zero-order valence-corrected chi connectivity index (χ0v) is 10.1. The van der Waals surface area contributed by atoms with Crippen LogP contribution < -0.4 is 4.74 Å². The van der Waals surface area contributed by atoms with E-state index in [1.165, 1.54) is 11.1 Å². The molecular formula is C14H20O. The van der Waals surface area contributed by atoms with Gasteiger partial charge in [-0.3, -0.25) is 0 Å². The van der Waals surface area contributed by atoms with Crippen molar-refractivity contribution >= 4 is 0 Å². The van der Waals surface area contributed by atoms with Crippen LogP contribution in [0, 0.1) is 6.92 Å². The molecule has 0 spiro atoms. The molecule has 0 saturated heterocycles. The van der Waals surface area contributed by atoms with E-state index in [0.717, 1.165) is 5.75 Å². The molecule has 0 saturated carbocycles. The van der Waals surface area contributed by atoms with Crippen LogP contribution in [0.2, 0.25) is 0 Å². The first-order valence-electron chi connectivity index (χ1n) is 5.30. The standard InChI is InChI=1S/C14H20O/c1-6-9-15-13-8-7-12(10-11(13)2)14(3,4)5/h6-8,10H,1,9H2,2-5H3. The minimum Gasteiger partial charge on any atom is -0.489 e. The molecule has 0 atom stereocenters. The van der Waals surface area contributed by atoms with Gasteiger partial charge in [-0.2, -0.15) is 0 Å². The summed E-state index contributed by atoms with van der Waals surface area (Å²) < 4.78 is 5.54. The summed E-state index contributed by atoms with van der Waals surface area (Å²) >= 11 is 0. The first-order valence-corrected chi connectivity index (χ1v) is 5.30. The molecule has 0 fully saturated rings. The summed E-state index contributed by atoms with van der Waals surface area (Å²) in [5.74, 6) is 0.947. The molecule has 1 aromatic carbocycles. The highest BCUT2D eigenvalue weighted by atomic mass is 16.5. The highest BCUT2D eigenvalue weighted by Crippen LogP contribution is 2.27. The zero-order chi connectivity index (χ0) is 11.5. The van der Waals surface area contributed by atoms with Gasteiger partial charge in [0, 0.05) is 0 Å². The topological polar surface area (TPSA) is 9.23 Å². The number of hydrogen-bond acceptors (Lipinski definition) is 1. The van der Waals surface area contributed by atoms with E-state index in [-0.39, 0.29) is 5.41 Å². The Bertz CT molecular complexity index is 345. The maximum atomic E-state index is 5.54. The third-order valence-electron chi connectivity index (χ3n) is 2.40. The van der Waals surface area contributed by atoms with Gasteiger partial charge in [0.15, 0.2) is 0 Å². The molecule has 0 amide bonds. The van der Waals surface area contributed by atoms with Gasteiger partial charge in [0.25, 0.3) is 0 Å². The molecule has 0 aliphatic rings. The van der Waals surface area contributed by atoms with Crippen LogP contribution in [0.5, 0.6) is 5.75 Å². The largest absolute Gasteiger partial charge is 0.489 e. The van der Waals surface area contributed by atoms with Crippen molar-refractivity contribution in [2.45, 2.75) is 33.1 Å². The van der Waals surface area contributed by atoms with Crippen LogP contribution in [0.4, 0.5) is 0 Å². The van der Waals surface area contributed by atoms with E-state index in [1.54, 1.807) is 6.08 Å². The summed E-state index contributed by atoms with van der Waals surface area (Å²) in [6.07, 6.45) is 1.76. The molecule has 15 heavy (non-hydrogen) atoms. The lowest BCUT2D eigenvalue weighted by atomic mass is 9.86. The fourth-order valence-corrected chi connectivity index (χ4v) is 1.43. The average Bonchev–Trinajstić information content (AvgIpc) is 2.14. The summed E-state index contributed by atoms with van der Waals surface area (Å²) in [5.41, 5.74) is 2.72. The van der Waals surface area contributed by atoms with Gasteiger partial charge in [0.05, 0.1) is 0 Å². The van der Waals surface area contributed by atoms with Crippen molar-refractivity contribution in [3.8, 4) is 5.75 Å². The molecule has 0 unspecified atom stereocenters. The average molecular weight is 204 g/mol. The Morgan fingerprint density at radius 3 is 2.47 bits per heavy atom. The van der Waals surface area contributed by atoms with E-state index in [4.69, 9.17) is 4.74 Å². The maximum Gasteiger partial charge on any atom is 0.122 e. The van der Waals surface area contributed by atoms with Crippen LogP contribution in [0.1, 0.15) is 31.9 Å². The summed E-state index contributed by atoms with van der Waals surface area (Å²) in [5, 5.41) is 0. The number of benzene rings is 1. The van der Waals surface area contributed by atoms with Crippen molar-refractivity contribution in [2.24, 2.45) is 0 Å². The van der Waals surface area contributed by atoms with Gasteiger partial charge >= 0.3 is 0 Å². The van der Waals surface area contributed by atoms with Gasteiger partial charge < -0.3 is 4.74 Å². The predicted molar refractivity (Wildman–Crippen MR) is 65.6 cm³/mol. The molecule has 0 heterocycles. The molecular weight excluding hydrogens is 184 g/mol. The van der Waals surface area contributed by atoms with Gasteiger partial charge in [-0.25, -0.2) is 0 Å². The van der Waals surface area contributed by atoms with Crippen molar-refractivity contribution < 1.29 is 4.74 Å². The van der Waals surface area contributed by atoms with Crippen LogP contribution in [0.25, 0.3) is 0 Å². The van der Waals surface area contributed by atoms with Crippen LogP contribution in [-0.2, 0) is 5.41 Å². The minimum atomic E-state index is 0.196. The normalized spacial score (nSPS) is 11.2. The van der Waals surface area contributed by atoms with Crippen LogP contribution >= 0.6 is 0 Å². The van der Waals surface area contributed by atoms with E-state index in [2.05, 4.69) is 46.4 Å². The van der Waals surface area contributed by atoms with Crippen molar-refractivity contribution in [3.05, 3.63) is 42.0 Å². The lowest BCUT2D eigenvalue weighted by molar-refractivity contribution is 0.360. The Morgan fingerprint density at radius 1 is 1.33 bits per heavy atom. The summed E-state index contributed by atoms with van der Waals surface area (Å²) in [4.78, 5) is 0. The summed E-state index contributed by atoms with van der Waals surface area (Å²) in [6.45, 7) is 12.9. The fourth-order valence-electron chi connectivity index (χ4n) is 1.43. The smallest absolute Gasteiger partial charge is 0.122 e. The van der Waals surface area contributed by atoms with E-state index < -0.39 is 0 Å². The molecule has 0 aliphatic carbocycles. The molecule has 0 bridgehead atoms. The van der Waals surface area contributed by atoms with Gasteiger partial charge in [0.2, 0.25) is 0 Å². The van der Waals surface area contributed by atoms with Crippen LogP contribution in [-0.4, -0.2) is 6.61 Å². The molecule has 1 nitrogen and oxygen atoms in total. The monoisotopic (exact) mass is 204 g/mol. The van der Waals surface area contributed by atoms with Crippen LogP contribution in [0.15, 0.2) is 30.9 Å². The van der Waals surface area contributed by atoms with E-state index in [9.17, 15) is 0 Å². The summed E-state index contributed by atoms with van der Waals surface area (Å²) in [7, 11) is 0. The van der Waals surface area contributed by atoms with Gasteiger partial charge in [-0.1, -0.05) is 45.6 Å². The van der Waals surface area contributed by atoms with E-state index in [1.807, 2.05) is 6.07 Å². The number of rotatable bonds is 3. The van der Waals surface area contributed by atoms with Gasteiger partial charge in [-0.15, -0.1) is 0 Å². The maximum absolute atomic E-state index is 5.54. The Balaban J connectivity index is 2.93. The number of hydrogen-bond donors (Lipinski definition) is 0. The number of aryl methyl sites for hydroxylation is 1. The Kier molecular flexibility index (Phi) is 3.57. The van der Waals surface area contributed by atoms with Crippen molar-refractivity contribution in [1.82, 2.24) is 0 Å². The third kappa shape index (κ3) is 3.12. The number of ether oxygens (including phenoxy) is 1. The SMILES string of the molecule is C=CCOc1ccc(C(C)(C)C)cc1C. The molecule has 0 radical (unpaired) electrons. The van der Waals surface area contributed by atoms with Crippen LogP contribution in [0.3, 0.4) is 0 Å². The Hall–Kier alpha value is -1.24. The Labute approximate surface area is 92.8 Å². The first-order chi connectivity index (χ1) is 6.95. The highest BCUT2D eigenvalue weighted by Gasteiger charge is 2.14. The first kappa shape index (κ1) is 11.8. The lowest BCUT2D eigenvalue weighted by Crippen LogP contribution is -2.11. The second kappa shape index (κ2) is 4.52. The lowest BCUT2D eigenvalue weighted by Gasteiger charge is -2.20. The minimum absolute atomic E-state index is 0.196.